The van der Waals surface area contributed by atoms with Crippen molar-refractivity contribution >= 4 is 16.9 Å². The Balaban J connectivity index is 1.23. The van der Waals surface area contributed by atoms with E-state index in [4.69, 9.17) is 9.72 Å². The second-order valence-electron chi connectivity index (χ2n) is 10.1. The van der Waals surface area contributed by atoms with Gasteiger partial charge in [0.25, 0.3) is 0 Å². The Morgan fingerprint density at radius 3 is 2.66 bits per heavy atom. The molecule has 4 rings (SSSR count). The average molecular weight is 476 g/mol. The molecule has 188 valence electrons. The Hall–Kier alpha value is -2.82. The molecule has 1 N–H and O–H groups in total. The number of fused-ring (bicyclic) bond motifs is 1. The molecule has 1 aromatic heterocycles. The van der Waals surface area contributed by atoms with Crippen LogP contribution in [-0.4, -0.2) is 28.6 Å². The smallest absolute Gasteiger partial charge is 0.223 e. The van der Waals surface area contributed by atoms with Gasteiger partial charge in [0.2, 0.25) is 5.91 Å². The quantitative estimate of drug-likeness (QED) is 0.303. The summed E-state index contributed by atoms with van der Waals surface area (Å²) in [4.78, 5) is 17.2. The average Bonchev–Trinajstić information content (AvgIpc) is 3.23. The number of amides is 1. The van der Waals surface area contributed by atoms with Gasteiger partial charge in [-0.1, -0.05) is 43.9 Å². The Labute approximate surface area is 210 Å². The molecule has 0 aliphatic heterocycles. The van der Waals surface area contributed by atoms with Crippen molar-refractivity contribution in [3.63, 3.8) is 0 Å². The number of benzene rings is 2. The summed E-state index contributed by atoms with van der Waals surface area (Å²) in [7, 11) is 0. The van der Waals surface area contributed by atoms with Crippen LogP contribution >= 0.6 is 0 Å². The first-order valence-corrected chi connectivity index (χ1v) is 13.5. The molecule has 5 heteroatoms. The molecule has 1 heterocycles. The summed E-state index contributed by atoms with van der Waals surface area (Å²) in [5, 5.41) is 3.16. The molecule has 1 amide bonds. The van der Waals surface area contributed by atoms with Gasteiger partial charge in [-0.05, 0) is 81.3 Å². The maximum atomic E-state index is 12.3. The molecule has 1 aliphatic carbocycles. The molecule has 35 heavy (non-hydrogen) atoms. The molecule has 0 unspecified atom stereocenters. The van der Waals surface area contributed by atoms with E-state index < -0.39 is 0 Å². The van der Waals surface area contributed by atoms with Crippen molar-refractivity contribution in [3.05, 3.63) is 59.4 Å². The lowest BCUT2D eigenvalue weighted by Gasteiger charge is -2.20. The topological polar surface area (TPSA) is 56.1 Å². The third-order valence-electron chi connectivity index (χ3n) is 7.36. The molecule has 0 spiro atoms. The Kier molecular flexibility index (Phi) is 9.21. The lowest BCUT2D eigenvalue weighted by molar-refractivity contribution is -0.125. The summed E-state index contributed by atoms with van der Waals surface area (Å²) in [6.45, 7) is 6.63. The fourth-order valence-corrected chi connectivity index (χ4v) is 5.09. The summed E-state index contributed by atoms with van der Waals surface area (Å²) in [6, 6.07) is 14.7. The number of rotatable bonds is 12. The number of nitrogens with one attached hydrogen (secondary N) is 1. The van der Waals surface area contributed by atoms with E-state index in [0.717, 1.165) is 75.1 Å². The first kappa shape index (κ1) is 25.3. The number of para-hydroxylation sites is 2. The van der Waals surface area contributed by atoms with Crippen molar-refractivity contribution in [2.75, 3.05) is 13.2 Å². The van der Waals surface area contributed by atoms with Crippen molar-refractivity contribution in [3.8, 4) is 5.75 Å². The van der Waals surface area contributed by atoms with Gasteiger partial charge in [-0.3, -0.25) is 4.79 Å². The number of carbonyl (C=O) groups is 1. The van der Waals surface area contributed by atoms with Gasteiger partial charge in [0, 0.05) is 25.4 Å². The molecule has 0 radical (unpaired) electrons. The zero-order valence-corrected chi connectivity index (χ0v) is 21.5. The number of hydrogen-bond acceptors (Lipinski definition) is 3. The minimum Gasteiger partial charge on any atom is -0.494 e. The van der Waals surface area contributed by atoms with Crippen molar-refractivity contribution < 1.29 is 9.53 Å². The first-order chi connectivity index (χ1) is 17.1. The van der Waals surface area contributed by atoms with Crippen LogP contribution in [0.1, 0.15) is 74.7 Å². The van der Waals surface area contributed by atoms with Crippen molar-refractivity contribution in [2.24, 2.45) is 5.92 Å². The van der Waals surface area contributed by atoms with Gasteiger partial charge in [-0.25, -0.2) is 4.98 Å². The van der Waals surface area contributed by atoms with Crippen molar-refractivity contribution in [2.45, 2.75) is 84.6 Å². The van der Waals surface area contributed by atoms with Crippen LogP contribution in [0.5, 0.6) is 5.75 Å². The number of aromatic nitrogens is 2. The summed E-state index contributed by atoms with van der Waals surface area (Å²) in [5.74, 6) is 2.63. The number of carbonyl (C=O) groups excluding carboxylic acids is 1. The molecule has 1 fully saturated rings. The highest BCUT2D eigenvalue weighted by Crippen LogP contribution is 2.24. The molecule has 5 nitrogen and oxygen atoms in total. The van der Waals surface area contributed by atoms with Crippen LogP contribution in [0.3, 0.4) is 0 Å². The molecule has 2 aromatic carbocycles. The molecule has 0 bridgehead atoms. The largest absolute Gasteiger partial charge is 0.494 e. The third kappa shape index (κ3) is 7.09. The highest BCUT2D eigenvalue weighted by molar-refractivity contribution is 5.78. The lowest BCUT2D eigenvalue weighted by atomic mass is 9.89. The van der Waals surface area contributed by atoms with Crippen LogP contribution in [0.25, 0.3) is 11.0 Å². The monoisotopic (exact) mass is 475 g/mol. The third-order valence-corrected chi connectivity index (χ3v) is 7.36. The van der Waals surface area contributed by atoms with Gasteiger partial charge < -0.3 is 14.6 Å². The van der Waals surface area contributed by atoms with E-state index in [-0.39, 0.29) is 11.8 Å². The van der Waals surface area contributed by atoms with Crippen molar-refractivity contribution in [1.29, 1.82) is 0 Å². The molecular formula is C30H41N3O2. The van der Waals surface area contributed by atoms with Gasteiger partial charge in [0.15, 0.2) is 0 Å². The van der Waals surface area contributed by atoms with Crippen LogP contribution in [0.15, 0.2) is 42.5 Å². The van der Waals surface area contributed by atoms with Gasteiger partial charge in [-0.15, -0.1) is 0 Å². The van der Waals surface area contributed by atoms with Crippen LogP contribution in [0, 0.1) is 19.8 Å². The predicted octanol–water partition coefficient (Wildman–Crippen LogP) is 6.53. The Morgan fingerprint density at radius 1 is 1.00 bits per heavy atom. The van der Waals surface area contributed by atoms with E-state index in [1.165, 1.54) is 35.9 Å². The maximum absolute atomic E-state index is 12.3. The fraction of sp³-hybridized carbons (Fsp3) is 0.533. The maximum Gasteiger partial charge on any atom is 0.223 e. The lowest BCUT2D eigenvalue weighted by Crippen LogP contribution is -2.32. The zero-order chi connectivity index (χ0) is 24.5. The number of aryl methyl sites for hydroxylation is 4. The minimum absolute atomic E-state index is 0.252. The summed E-state index contributed by atoms with van der Waals surface area (Å²) < 4.78 is 8.38. The molecular weight excluding hydrogens is 434 g/mol. The molecule has 0 saturated heterocycles. The van der Waals surface area contributed by atoms with E-state index in [2.05, 4.69) is 66.2 Å². The van der Waals surface area contributed by atoms with Gasteiger partial charge >= 0.3 is 0 Å². The van der Waals surface area contributed by atoms with E-state index in [1.807, 2.05) is 0 Å². The van der Waals surface area contributed by atoms with E-state index in [1.54, 1.807) is 0 Å². The summed E-state index contributed by atoms with van der Waals surface area (Å²) in [5.41, 5.74) is 4.82. The molecule has 0 atom stereocenters. The first-order valence-electron chi connectivity index (χ1n) is 13.5. The standard InChI is InChI=1S/C30H41N3O2/c1-23-17-18-26(22-24(23)2)35-21-11-20-33-28-15-9-8-14-27(28)32-29(33)16-7-4-10-19-31-30(34)25-12-5-3-6-13-25/h8-9,14-15,17-18,22,25H,3-7,10-13,16,19-21H2,1-2H3,(H,31,34). The van der Waals surface area contributed by atoms with E-state index in [9.17, 15) is 4.79 Å². The van der Waals surface area contributed by atoms with Crippen LogP contribution in [-0.2, 0) is 17.8 Å². The van der Waals surface area contributed by atoms with Crippen molar-refractivity contribution in [1.82, 2.24) is 14.9 Å². The number of ether oxygens (including phenoxy) is 1. The van der Waals surface area contributed by atoms with Crippen LogP contribution in [0.4, 0.5) is 0 Å². The Morgan fingerprint density at radius 2 is 1.83 bits per heavy atom. The second kappa shape index (κ2) is 12.8. The SMILES string of the molecule is Cc1ccc(OCCCn2c(CCCCCNC(=O)C3CCCCC3)nc3ccccc32)cc1C. The van der Waals surface area contributed by atoms with Crippen LogP contribution in [0.2, 0.25) is 0 Å². The van der Waals surface area contributed by atoms with E-state index in [0.29, 0.717) is 6.61 Å². The normalized spacial score (nSPS) is 14.3. The predicted molar refractivity (Wildman–Crippen MR) is 143 cm³/mol. The summed E-state index contributed by atoms with van der Waals surface area (Å²) >= 11 is 0. The Bertz CT molecular complexity index is 1100. The zero-order valence-electron chi connectivity index (χ0n) is 21.5. The van der Waals surface area contributed by atoms with Gasteiger partial charge in [-0.2, -0.15) is 0 Å². The van der Waals surface area contributed by atoms with Gasteiger partial charge in [0.05, 0.1) is 17.6 Å². The van der Waals surface area contributed by atoms with Crippen LogP contribution < -0.4 is 10.1 Å². The molecule has 1 saturated carbocycles. The number of hydrogen-bond donors (Lipinski definition) is 1. The second-order valence-corrected chi connectivity index (χ2v) is 10.1. The van der Waals surface area contributed by atoms with Gasteiger partial charge in [0.1, 0.15) is 11.6 Å². The fourth-order valence-electron chi connectivity index (χ4n) is 5.09. The number of unbranched alkanes of at least 4 members (excludes halogenated alkanes) is 2. The minimum atomic E-state index is 0.252. The molecule has 3 aromatic rings. The highest BCUT2D eigenvalue weighted by Gasteiger charge is 2.20. The highest BCUT2D eigenvalue weighted by atomic mass is 16.5. The number of imidazole rings is 1. The summed E-state index contributed by atoms with van der Waals surface area (Å²) in [6.07, 6.45) is 10.9. The van der Waals surface area contributed by atoms with E-state index >= 15 is 0 Å². The molecule has 1 aliphatic rings. The number of nitrogens with zero attached hydrogens (tertiary/aromatic N) is 2.